The summed E-state index contributed by atoms with van der Waals surface area (Å²) in [7, 11) is -4.20. The summed E-state index contributed by atoms with van der Waals surface area (Å²) >= 11 is 9.25. The van der Waals surface area contributed by atoms with Crippen molar-refractivity contribution in [2.75, 3.05) is 0 Å². The summed E-state index contributed by atoms with van der Waals surface area (Å²) in [5, 5.41) is 0. The van der Waals surface area contributed by atoms with Gasteiger partial charge in [0.1, 0.15) is 4.90 Å². The van der Waals surface area contributed by atoms with Crippen LogP contribution in [-0.4, -0.2) is 42.5 Å². The van der Waals surface area contributed by atoms with Gasteiger partial charge in [-0.1, -0.05) is 15.9 Å². The molecule has 0 aliphatic heterocycles. The topological polar surface area (TPSA) is 54.4 Å². The van der Waals surface area contributed by atoms with Gasteiger partial charge < -0.3 is 0 Å². The zero-order valence-corrected chi connectivity index (χ0v) is 11.5. The van der Waals surface area contributed by atoms with Gasteiger partial charge in [0.05, 0.1) is 0 Å². The van der Waals surface area contributed by atoms with Crippen molar-refractivity contribution >= 4 is 87.5 Å². The standard InChI is InChI=1S/C6H3Br3O3S.Na.H/c7-3-1-4(8)6(5(9)2-3)13(10,11)12;;/h1-2H,(H,10,11,12);;. The number of benzene rings is 1. The van der Waals surface area contributed by atoms with Gasteiger partial charge in [0.2, 0.25) is 0 Å². The molecule has 0 fully saturated rings. The third-order valence-corrected chi connectivity index (χ3v) is 4.41. The summed E-state index contributed by atoms with van der Waals surface area (Å²) in [6.45, 7) is 0. The average Bonchev–Trinajstić information content (AvgIpc) is 1.78. The maximum absolute atomic E-state index is 10.9. The molecule has 0 bridgehead atoms. The van der Waals surface area contributed by atoms with Crippen LogP contribution in [0, 0.1) is 0 Å². The second-order valence-electron chi connectivity index (χ2n) is 2.17. The van der Waals surface area contributed by atoms with Gasteiger partial charge in [-0.2, -0.15) is 8.42 Å². The van der Waals surface area contributed by atoms with Gasteiger partial charge >= 0.3 is 29.6 Å². The summed E-state index contributed by atoms with van der Waals surface area (Å²) < 4.78 is 31.9. The molecule has 0 aromatic heterocycles. The second kappa shape index (κ2) is 5.77. The zero-order chi connectivity index (χ0) is 10.2. The molecule has 14 heavy (non-hydrogen) atoms. The Morgan fingerprint density at radius 3 is 1.71 bits per heavy atom. The van der Waals surface area contributed by atoms with E-state index >= 15 is 0 Å². The Balaban J connectivity index is 0.00000169. The van der Waals surface area contributed by atoms with E-state index in [9.17, 15) is 8.42 Å². The Bertz CT molecular complexity index is 423. The molecule has 0 atom stereocenters. The fourth-order valence-electron chi connectivity index (χ4n) is 0.775. The van der Waals surface area contributed by atoms with Gasteiger partial charge in [-0.15, -0.1) is 0 Å². The van der Waals surface area contributed by atoms with Crippen LogP contribution >= 0.6 is 47.8 Å². The van der Waals surface area contributed by atoms with E-state index in [0.717, 1.165) is 0 Å². The molecule has 0 saturated carbocycles. The van der Waals surface area contributed by atoms with Gasteiger partial charge in [-0.3, -0.25) is 4.55 Å². The molecule has 0 spiro atoms. The van der Waals surface area contributed by atoms with Crippen LogP contribution in [0.3, 0.4) is 0 Å². The molecule has 1 aromatic carbocycles. The van der Waals surface area contributed by atoms with Gasteiger partial charge in [0.25, 0.3) is 10.1 Å². The van der Waals surface area contributed by atoms with E-state index in [1.807, 2.05) is 0 Å². The fraction of sp³-hybridized carbons (Fsp3) is 0. The first-order valence-corrected chi connectivity index (χ1v) is 6.76. The van der Waals surface area contributed by atoms with Gasteiger partial charge in [-0.25, -0.2) is 0 Å². The van der Waals surface area contributed by atoms with E-state index < -0.39 is 10.1 Å². The third-order valence-electron chi connectivity index (χ3n) is 1.22. The molecule has 0 radical (unpaired) electrons. The van der Waals surface area contributed by atoms with Crippen molar-refractivity contribution in [3.8, 4) is 0 Å². The van der Waals surface area contributed by atoms with E-state index in [1.165, 1.54) is 12.1 Å². The summed E-state index contributed by atoms with van der Waals surface area (Å²) in [6.07, 6.45) is 0. The molecule has 0 unspecified atom stereocenters. The molecule has 1 rings (SSSR count). The van der Waals surface area contributed by atoms with Crippen LogP contribution in [0.1, 0.15) is 0 Å². The Morgan fingerprint density at radius 1 is 1.07 bits per heavy atom. The predicted molar refractivity (Wildman–Crippen MR) is 66.5 cm³/mol. The molecular formula is C6H4Br3NaO3S. The Morgan fingerprint density at radius 2 is 1.43 bits per heavy atom. The Hall–Kier alpha value is 1.57. The molecule has 1 aromatic rings. The van der Waals surface area contributed by atoms with E-state index in [4.69, 9.17) is 4.55 Å². The van der Waals surface area contributed by atoms with Gasteiger partial charge in [-0.05, 0) is 44.0 Å². The average molecular weight is 419 g/mol. The molecule has 3 nitrogen and oxygen atoms in total. The number of halogens is 3. The van der Waals surface area contributed by atoms with Crippen molar-refractivity contribution in [2.45, 2.75) is 4.90 Å². The van der Waals surface area contributed by atoms with Crippen molar-refractivity contribution in [3.63, 3.8) is 0 Å². The van der Waals surface area contributed by atoms with Gasteiger partial charge in [0, 0.05) is 13.4 Å². The molecule has 0 heterocycles. The number of hydrogen-bond acceptors (Lipinski definition) is 2. The summed E-state index contributed by atoms with van der Waals surface area (Å²) in [5.74, 6) is 0. The van der Waals surface area contributed by atoms with Crippen LogP contribution in [0.15, 0.2) is 30.4 Å². The quantitative estimate of drug-likeness (QED) is 0.563. The van der Waals surface area contributed by atoms with E-state index in [-0.39, 0.29) is 34.5 Å². The molecule has 1 N–H and O–H groups in total. The summed E-state index contributed by atoms with van der Waals surface area (Å²) in [6, 6.07) is 3.07. The molecule has 0 aliphatic rings. The molecule has 0 saturated heterocycles. The van der Waals surface area contributed by atoms with Crippen molar-refractivity contribution in [2.24, 2.45) is 0 Å². The first-order chi connectivity index (χ1) is 5.82. The van der Waals surface area contributed by atoms with Crippen LogP contribution in [0.2, 0.25) is 0 Å². The van der Waals surface area contributed by atoms with Crippen molar-refractivity contribution in [1.82, 2.24) is 0 Å². The summed E-state index contributed by atoms with van der Waals surface area (Å²) in [5.41, 5.74) is 0. The molecule has 0 amide bonds. The van der Waals surface area contributed by atoms with Crippen molar-refractivity contribution < 1.29 is 13.0 Å². The van der Waals surface area contributed by atoms with Crippen LogP contribution in [0.25, 0.3) is 0 Å². The van der Waals surface area contributed by atoms with Crippen LogP contribution in [-0.2, 0) is 10.1 Å². The first kappa shape index (κ1) is 15.6. The SMILES string of the molecule is O=S(=O)(O)c1c(Br)cc(Br)cc1Br.[NaH]. The van der Waals surface area contributed by atoms with Crippen molar-refractivity contribution in [3.05, 3.63) is 25.6 Å². The van der Waals surface area contributed by atoms with E-state index in [1.54, 1.807) is 0 Å². The van der Waals surface area contributed by atoms with Crippen LogP contribution in [0.4, 0.5) is 0 Å². The monoisotopic (exact) mass is 416 g/mol. The van der Waals surface area contributed by atoms with E-state index in [0.29, 0.717) is 13.4 Å². The molecular weight excluding hydrogens is 415 g/mol. The third kappa shape index (κ3) is 3.86. The Kier molecular flexibility index (Phi) is 6.41. The second-order valence-corrected chi connectivity index (χ2v) is 6.16. The molecule has 8 heteroatoms. The Labute approximate surface area is 129 Å². The zero-order valence-electron chi connectivity index (χ0n) is 5.96. The van der Waals surface area contributed by atoms with Gasteiger partial charge in [0.15, 0.2) is 0 Å². The fourth-order valence-corrected chi connectivity index (χ4v) is 4.87. The number of rotatable bonds is 1. The first-order valence-electron chi connectivity index (χ1n) is 2.94. The van der Waals surface area contributed by atoms with Crippen LogP contribution in [0.5, 0.6) is 0 Å². The molecule has 74 valence electrons. The maximum atomic E-state index is 10.9. The minimum absolute atomic E-state index is 0. The summed E-state index contributed by atoms with van der Waals surface area (Å²) in [4.78, 5) is -0.171. The number of hydrogen-bond donors (Lipinski definition) is 1. The normalized spacial score (nSPS) is 10.9. The van der Waals surface area contributed by atoms with E-state index in [2.05, 4.69) is 47.8 Å². The van der Waals surface area contributed by atoms with Crippen molar-refractivity contribution in [1.29, 1.82) is 0 Å². The minimum atomic E-state index is -4.20. The van der Waals surface area contributed by atoms with Crippen LogP contribution < -0.4 is 0 Å². The molecule has 0 aliphatic carbocycles. The predicted octanol–water partition coefficient (Wildman–Crippen LogP) is 2.57.